The number of hydrogen-bond donors (Lipinski definition) is 2. The number of nitrogens with one attached hydrogen (secondary N) is 1. The first-order valence-corrected chi connectivity index (χ1v) is 9.33. The summed E-state index contributed by atoms with van der Waals surface area (Å²) in [7, 11) is 0. The van der Waals surface area contributed by atoms with E-state index < -0.39 is 0 Å². The molecular weight excluding hydrogens is 326 g/mol. The van der Waals surface area contributed by atoms with Crippen molar-refractivity contribution in [1.29, 1.82) is 0 Å². The van der Waals surface area contributed by atoms with Crippen molar-refractivity contribution in [3.05, 3.63) is 54.1 Å². The van der Waals surface area contributed by atoms with E-state index >= 15 is 0 Å². The van der Waals surface area contributed by atoms with E-state index in [4.69, 9.17) is 10.5 Å². The Morgan fingerprint density at radius 1 is 1.08 bits per heavy atom. The van der Waals surface area contributed by atoms with Crippen molar-refractivity contribution in [3.8, 4) is 11.5 Å². The quantitative estimate of drug-likeness (QED) is 0.830. The van der Waals surface area contributed by atoms with Gasteiger partial charge in [0.1, 0.15) is 11.5 Å². The Morgan fingerprint density at radius 3 is 2.54 bits per heavy atom. The van der Waals surface area contributed by atoms with E-state index in [1.165, 1.54) is 25.9 Å². The predicted molar refractivity (Wildman–Crippen MR) is 102 cm³/mol. The van der Waals surface area contributed by atoms with Crippen molar-refractivity contribution >= 4 is 11.6 Å². The van der Waals surface area contributed by atoms with Gasteiger partial charge in [-0.3, -0.25) is 4.79 Å². The highest BCUT2D eigenvalue weighted by Gasteiger charge is 2.29. The Labute approximate surface area is 154 Å². The molecular formula is C21H25N3O2. The van der Waals surface area contributed by atoms with Crippen LogP contribution in [0.2, 0.25) is 0 Å². The van der Waals surface area contributed by atoms with Crippen LogP contribution in [-0.4, -0.2) is 36.5 Å². The molecule has 136 valence electrons. The molecule has 3 fully saturated rings. The van der Waals surface area contributed by atoms with Crippen LogP contribution in [-0.2, 0) is 0 Å². The van der Waals surface area contributed by atoms with Gasteiger partial charge in [-0.05, 0) is 74.7 Å². The summed E-state index contributed by atoms with van der Waals surface area (Å²) in [5.41, 5.74) is 7.15. The minimum Gasteiger partial charge on any atom is -0.455 e. The first kappa shape index (κ1) is 16.9. The van der Waals surface area contributed by atoms with Gasteiger partial charge in [0, 0.05) is 18.2 Å². The standard InChI is InChI=1S/C21H25N3O2/c22-19-3-1-2-4-20(19)26-18-7-5-16(6-8-18)21(25)23-17-13-15-9-11-24(14-17)12-10-15/h1-8,15,17H,9-14,22H2,(H,23,25). The van der Waals surface area contributed by atoms with Crippen molar-refractivity contribution in [1.82, 2.24) is 10.2 Å². The van der Waals surface area contributed by atoms with Crippen molar-refractivity contribution in [2.45, 2.75) is 25.3 Å². The third-order valence-electron chi connectivity index (χ3n) is 5.40. The Morgan fingerprint density at radius 2 is 1.81 bits per heavy atom. The molecule has 2 bridgehead atoms. The maximum absolute atomic E-state index is 12.6. The number of carbonyl (C=O) groups is 1. The highest BCUT2D eigenvalue weighted by molar-refractivity contribution is 5.94. The number of rotatable bonds is 4. The molecule has 0 radical (unpaired) electrons. The fraction of sp³-hybridized carbons (Fsp3) is 0.381. The predicted octanol–water partition coefficient (Wildman–Crippen LogP) is 3.28. The van der Waals surface area contributed by atoms with Crippen LogP contribution >= 0.6 is 0 Å². The number of anilines is 1. The lowest BCUT2D eigenvalue weighted by Crippen LogP contribution is -2.41. The van der Waals surface area contributed by atoms with Crippen molar-refractivity contribution in [2.24, 2.45) is 5.92 Å². The molecule has 1 unspecified atom stereocenters. The van der Waals surface area contributed by atoms with Crippen LogP contribution in [0.5, 0.6) is 11.5 Å². The number of benzene rings is 2. The highest BCUT2D eigenvalue weighted by Crippen LogP contribution is 2.28. The minimum absolute atomic E-state index is 0.0109. The zero-order valence-corrected chi connectivity index (χ0v) is 14.9. The van der Waals surface area contributed by atoms with E-state index in [1.807, 2.05) is 30.3 Å². The van der Waals surface area contributed by atoms with Gasteiger partial charge in [-0.15, -0.1) is 0 Å². The molecule has 3 saturated heterocycles. The van der Waals surface area contributed by atoms with Gasteiger partial charge in [0.25, 0.3) is 5.91 Å². The molecule has 2 aromatic carbocycles. The number of fused-ring (bicyclic) bond motifs is 4. The summed E-state index contributed by atoms with van der Waals surface area (Å²) in [5, 5.41) is 3.21. The van der Waals surface area contributed by atoms with E-state index in [2.05, 4.69) is 10.2 Å². The van der Waals surface area contributed by atoms with E-state index in [0.29, 0.717) is 22.7 Å². The maximum Gasteiger partial charge on any atom is 0.251 e. The van der Waals surface area contributed by atoms with E-state index in [1.54, 1.807) is 18.2 Å². The number of ether oxygens (including phenoxy) is 1. The Kier molecular flexibility index (Phi) is 4.80. The molecule has 3 aliphatic rings. The molecule has 1 atom stereocenters. The first-order chi connectivity index (χ1) is 12.7. The normalized spacial score (nSPS) is 24.7. The molecule has 1 amide bonds. The van der Waals surface area contributed by atoms with Gasteiger partial charge in [-0.2, -0.15) is 0 Å². The average Bonchev–Trinajstić information content (AvgIpc) is 2.96. The third-order valence-corrected chi connectivity index (χ3v) is 5.40. The molecule has 5 rings (SSSR count). The summed E-state index contributed by atoms with van der Waals surface area (Å²) in [6.45, 7) is 3.31. The first-order valence-electron chi connectivity index (χ1n) is 9.33. The highest BCUT2D eigenvalue weighted by atomic mass is 16.5. The van der Waals surface area contributed by atoms with E-state index in [0.717, 1.165) is 18.9 Å². The van der Waals surface area contributed by atoms with E-state index in [9.17, 15) is 4.79 Å². The summed E-state index contributed by atoms with van der Waals surface area (Å²) >= 11 is 0. The minimum atomic E-state index is -0.0109. The number of nitrogens with zero attached hydrogens (tertiary/aromatic N) is 1. The lowest BCUT2D eigenvalue weighted by atomic mass is 9.94. The number of para-hydroxylation sites is 2. The maximum atomic E-state index is 12.6. The molecule has 26 heavy (non-hydrogen) atoms. The lowest BCUT2D eigenvalue weighted by Gasteiger charge is -2.26. The monoisotopic (exact) mass is 351 g/mol. The summed E-state index contributed by atoms with van der Waals surface area (Å²) in [4.78, 5) is 15.1. The van der Waals surface area contributed by atoms with Gasteiger partial charge >= 0.3 is 0 Å². The number of piperidine rings is 1. The van der Waals surface area contributed by atoms with Gasteiger partial charge in [0.2, 0.25) is 0 Å². The van der Waals surface area contributed by atoms with Crippen LogP contribution in [0.25, 0.3) is 0 Å². The molecule has 2 aromatic rings. The molecule has 5 heteroatoms. The molecule has 3 heterocycles. The lowest BCUT2D eigenvalue weighted by molar-refractivity contribution is 0.0929. The summed E-state index contributed by atoms with van der Waals surface area (Å²) in [6.07, 6.45) is 3.62. The van der Waals surface area contributed by atoms with Gasteiger partial charge in [0.05, 0.1) is 5.69 Å². The third kappa shape index (κ3) is 3.83. The van der Waals surface area contributed by atoms with Crippen LogP contribution in [0.1, 0.15) is 29.6 Å². The van der Waals surface area contributed by atoms with Crippen LogP contribution in [0, 0.1) is 5.92 Å². The number of carbonyl (C=O) groups excluding carboxylic acids is 1. The molecule has 5 nitrogen and oxygen atoms in total. The van der Waals surface area contributed by atoms with Crippen molar-refractivity contribution in [2.75, 3.05) is 25.4 Å². The number of nitrogens with two attached hydrogens (primary N) is 1. The number of hydrogen-bond acceptors (Lipinski definition) is 4. The Balaban J connectivity index is 1.38. The van der Waals surface area contributed by atoms with E-state index in [-0.39, 0.29) is 11.9 Å². The number of nitrogen functional groups attached to an aromatic ring is 1. The number of amides is 1. The van der Waals surface area contributed by atoms with Gasteiger partial charge in [-0.1, -0.05) is 12.1 Å². The fourth-order valence-corrected chi connectivity index (χ4v) is 3.94. The van der Waals surface area contributed by atoms with Crippen molar-refractivity contribution < 1.29 is 9.53 Å². The fourth-order valence-electron chi connectivity index (χ4n) is 3.94. The molecule has 0 spiro atoms. The Hall–Kier alpha value is -2.53. The zero-order chi connectivity index (χ0) is 17.9. The van der Waals surface area contributed by atoms with Crippen LogP contribution in [0.15, 0.2) is 48.5 Å². The molecule has 3 aliphatic heterocycles. The van der Waals surface area contributed by atoms with Crippen LogP contribution in [0.4, 0.5) is 5.69 Å². The second kappa shape index (κ2) is 7.38. The second-order valence-electron chi connectivity index (χ2n) is 7.31. The molecule has 0 saturated carbocycles. The zero-order valence-electron chi connectivity index (χ0n) is 14.9. The Bertz CT molecular complexity index is 753. The summed E-state index contributed by atoms with van der Waals surface area (Å²) < 4.78 is 5.78. The van der Waals surface area contributed by atoms with Crippen LogP contribution < -0.4 is 15.8 Å². The van der Waals surface area contributed by atoms with Gasteiger partial charge in [0.15, 0.2) is 0 Å². The van der Waals surface area contributed by atoms with Gasteiger partial charge < -0.3 is 20.7 Å². The summed E-state index contributed by atoms with van der Waals surface area (Å²) in [6, 6.07) is 14.8. The average molecular weight is 351 g/mol. The topological polar surface area (TPSA) is 67.6 Å². The molecule has 3 N–H and O–H groups in total. The SMILES string of the molecule is Nc1ccccc1Oc1ccc(C(=O)NC2CC3CCN(CC3)C2)cc1. The van der Waals surface area contributed by atoms with Gasteiger partial charge in [-0.25, -0.2) is 0 Å². The summed E-state index contributed by atoms with van der Waals surface area (Å²) in [5.74, 6) is 2.03. The van der Waals surface area contributed by atoms with Crippen molar-refractivity contribution in [3.63, 3.8) is 0 Å². The second-order valence-corrected chi connectivity index (χ2v) is 7.31. The smallest absolute Gasteiger partial charge is 0.251 e. The largest absolute Gasteiger partial charge is 0.455 e. The molecule has 0 aromatic heterocycles. The molecule has 0 aliphatic carbocycles. The van der Waals surface area contributed by atoms with Crippen LogP contribution in [0.3, 0.4) is 0 Å².